The van der Waals surface area contributed by atoms with Gasteiger partial charge in [0.2, 0.25) is 5.91 Å². The number of benzene rings is 2. The molecular formula is C25H27N3O3. The van der Waals surface area contributed by atoms with E-state index in [4.69, 9.17) is 11.2 Å². The molecule has 31 heavy (non-hydrogen) atoms. The smallest absolute Gasteiger partial charge is 0.253 e. The minimum absolute atomic E-state index is 0.0607. The lowest BCUT2D eigenvalue weighted by atomic mass is 10.00. The van der Waals surface area contributed by atoms with E-state index >= 15 is 0 Å². The highest BCUT2D eigenvalue weighted by Gasteiger charge is 2.26. The first-order valence-corrected chi connectivity index (χ1v) is 10.7. The largest absolute Gasteiger partial charge is 0.492 e. The van der Waals surface area contributed by atoms with E-state index in [0.29, 0.717) is 19.4 Å². The van der Waals surface area contributed by atoms with Crippen LogP contribution in [-0.4, -0.2) is 67.5 Å². The van der Waals surface area contributed by atoms with E-state index in [1.807, 2.05) is 53.4 Å². The van der Waals surface area contributed by atoms with E-state index in [-0.39, 0.29) is 18.4 Å². The molecule has 2 aromatic rings. The first-order chi connectivity index (χ1) is 15.2. The Morgan fingerprint density at radius 3 is 2.52 bits per heavy atom. The molecule has 0 atom stereocenters. The molecule has 1 fully saturated rings. The van der Waals surface area contributed by atoms with Crippen LogP contribution in [0.15, 0.2) is 48.5 Å². The topological polar surface area (TPSA) is 53.1 Å². The zero-order valence-electron chi connectivity index (χ0n) is 17.6. The lowest BCUT2D eigenvalue weighted by Gasteiger charge is -2.34. The molecule has 6 nitrogen and oxygen atoms in total. The average Bonchev–Trinajstić information content (AvgIpc) is 2.81. The molecule has 2 heterocycles. The quantitative estimate of drug-likeness (QED) is 0.678. The molecule has 160 valence electrons. The van der Waals surface area contributed by atoms with Gasteiger partial charge >= 0.3 is 0 Å². The number of anilines is 1. The van der Waals surface area contributed by atoms with Crippen molar-refractivity contribution in [1.29, 1.82) is 0 Å². The molecule has 0 bridgehead atoms. The normalized spacial score (nSPS) is 16.5. The molecule has 0 N–H and O–H groups in total. The van der Waals surface area contributed by atoms with Crippen molar-refractivity contribution >= 4 is 17.5 Å². The van der Waals surface area contributed by atoms with Crippen LogP contribution in [0.3, 0.4) is 0 Å². The number of nitrogens with zero attached hydrogens (tertiary/aromatic N) is 3. The van der Waals surface area contributed by atoms with E-state index in [1.54, 1.807) is 4.90 Å². The number of carbonyl (C=O) groups excluding carboxylic acids is 2. The Kier molecular flexibility index (Phi) is 6.54. The second-order valence-corrected chi connectivity index (χ2v) is 7.79. The summed E-state index contributed by atoms with van der Waals surface area (Å²) in [5, 5.41) is 0. The molecule has 1 saturated heterocycles. The van der Waals surface area contributed by atoms with Crippen LogP contribution in [0.2, 0.25) is 0 Å². The number of terminal acetylenes is 1. The fourth-order valence-electron chi connectivity index (χ4n) is 4.18. The maximum absolute atomic E-state index is 12.6. The maximum Gasteiger partial charge on any atom is 0.253 e. The van der Waals surface area contributed by atoms with Gasteiger partial charge in [-0.05, 0) is 30.7 Å². The number of rotatable bonds is 6. The molecule has 0 aromatic heterocycles. The van der Waals surface area contributed by atoms with Gasteiger partial charge in [-0.1, -0.05) is 30.2 Å². The van der Waals surface area contributed by atoms with Crippen molar-refractivity contribution in [2.24, 2.45) is 0 Å². The Hall–Kier alpha value is -3.30. The predicted octanol–water partition coefficient (Wildman–Crippen LogP) is 2.44. The van der Waals surface area contributed by atoms with Gasteiger partial charge in [0.15, 0.2) is 0 Å². The molecule has 0 radical (unpaired) electrons. The summed E-state index contributed by atoms with van der Waals surface area (Å²) < 4.78 is 6.10. The van der Waals surface area contributed by atoms with E-state index < -0.39 is 0 Å². The van der Waals surface area contributed by atoms with Gasteiger partial charge in [-0.3, -0.25) is 14.5 Å². The second-order valence-electron chi connectivity index (χ2n) is 7.79. The number of hydrogen-bond acceptors (Lipinski definition) is 4. The fraction of sp³-hybridized carbons (Fsp3) is 0.360. The second kappa shape index (κ2) is 9.67. The lowest BCUT2D eigenvalue weighted by molar-refractivity contribution is -0.118. The number of carbonyl (C=O) groups is 2. The van der Waals surface area contributed by atoms with Gasteiger partial charge in [0, 0.05) is 50.3 Å². The number of hydrogen-bond donors (Lipinski definition) is 0. The first-order valence-electron chi connectivity index (χ1n) is 10.7. The Bertz CT molecular complexity index is 975. The van der Waals surface area contributed by atoms with E-state index in [1.165, 1.54) is 0 Å². The molecule has 2 amide bonds. The molecule has 4 rings (SSSR count). The summed E-state index contributed by atoms with van der Waals surface area (Å²) in [7, 11) is 0. The molecule has 2 aliphatic heterocycles. The van der Waals surface area contributed by atoms with Crippen LogP contribution >= 0.6 is 0 Å². The molecule has 0 unspecified atom stereocenters. The van der Waals surface area contributed by atoms with E-state index in [2.05, 4.69) is 10.8 Å². The minimum atomic E-state index is 0.0607. The monoisotopic (exact) mass is 417 g/mol. The molecular weight excluding hydrogens is 390 g/mol. The fourth-order valence-corrected chi connectivity index (χ4v) is 4.18. The lowest BCUT2D eigenvalue weighted by Crippen LogP contribution is -2.49. The summed E-state index contributed by atoms with van der Waals surface area (Å²) in [6.07, 6.45) is 6.56. The van der Waals surface area contributed by atoms with Crippen molar-refractivity contribution in [2.45, 2.75) is 12.8 Å². The van der Waals surface area contributed by atoms with Gasteiger partial charge in [0.25, 0.3) is 5.91 Å². The summed E-state index contributed by atoms with van der Waals surface area (Å²) in [4.78, 5) is 30.7. The van der Waals surface area contributed by atoms with Crippen LogP contribution < -0.4 is 9.64 Å². The van der Waals surface area contributed by atoms with Gasteiger partial charge in [0.05, 0.1) is 12.2 Å². The maximum atomic E-state index is 12.6. The molecule has 2 aliphatic rings. The third-order valence-corrected chi connectivity index (χ3v) is 5.88. The summed E-state index contributed by atoms with van der Waals surface area (Å²) in [6, 6.07) is 15.2. The third-order valence-electron chi connectivity index (χ3n) is 5.88. The van der Waals surface area contributed by atoms with Crippen LogP contribution in [0.4, 0.5) is 5.69 Å². The molecule has 0 saturated carbocycles. The Balaban J connectivity index is 1.29. The summed E-state index contributed by atoms with van der Waals surface area (Å²) in [5.41, 5.74) is 2.65. The first kappa shape index (κ1) is 21.0. The third kappa shape index (κ3) is 4.73. The minimum Gasteiger partial charge on any atom is -0.492 e. The standard InChI is InChI=1S/C25H27N3O3/c1-2-13-28-22-9-6-10-23(21(22)11-12-24(28)29)31-19-18-26-14-16-27(17-15-26)25(30)20-7-4-3-5-8-20/h1,3-10H,11-19H2. The van der Waals surface area contributed by atoms with Gasteiger partial charge in [-0.2, -0.15) is 0 Å². The molecule has 0 spiro atoms. The SMILES string of the molecule is C#CCN1C(=O)CCc2c(OCCN3CCN(C(=O)c4ccccc4)CC3)cccc21. The molecule has 0 aliphatic carbocycles. The van der Waals surface area contributed by atoms with Gasteiger partial charge in [-0.15, -0.1) is 6.42 Å². The van der Waals surface area contributed by atoms with Crippen molar-refractivity contribution in [3.8, 4) is 18.1 Å². The van der Waals surface area contributed by atoms with Crippen LogP contribution in [-0.2, 0) is 11.2 Å². The van der Waals surface area contributed by atoms with Crippen LogP contribution in [0.25, 0.3) is 0 Å². The molecule has 6 heteroatoms. The highest BCUT2D eigenvalue weighted by Crippen LogP contribution is 2.34. The number of fused-ring (bicyclic) bond motifs is 1. The summed E-state index contributed by atoms with van der Waals surface area (Å²) in [6.45, 7) is 4.74. The van der Waals surface area contributed by atoms with Crippen molar-refractivity contribution in [2.75, 3.05) is 50.8 Å². The number of piperazine rings is 1. The highest BCUT2D eigenvalue weighted by molar-refractivity contribution is 5.97. The van der Waals surface area contributed by atoms with Gasteiger partial charge in [0.1, 0.15) is 12.4 Å². The van der Waals surface area contributed by atoms with Crippen molar-refractivity contribution in [3.63, 3.8) is 0 Å². The zero-order valence-corrected chi connectivity index (χ0v) is 17.6. The van der Waals surface area contributed by atoms with Crippen molar-refractivity contribution in [3.05, 3.63) is 59.7 Å². The average molecular weight is 418 g/mol. The summed E-state index contributed by atoms with van der Waals surface area (Å²) >= 11 is 0. The van der Waals surface area contributed by atoms with E-state index in [9.17, 15) is 9.59 Å². The predicted molar refractivity (Wildman–Crippen MR) is 120 cm³/mol. The van der Waals surface area contributed by atoms with Crippen LogP contribution in [0.5, 0.6) is 5.75 Å². The van der Waals surface area contributed by atoms with Crippen molar-refractivity contribution < 1.29 is 14.3 Å². The Morgan fingerprint density at radius 2 is 1.77 bits per heavy atom. The van der Waals surface area contributed by atoms with Crippen LogP contribution in [0.1, 0.15) is 22.3 Å². The molecule has 2 aromatic carbocycles. The highest BCUT2D eigenvalue weighted by atomic mass is 16.5. The Labute approximate surface area is 183 Å². The van der Waals surface area contributed by atoms with Crippen molar-refractivity contribution in [1.82, 2.24) is 9.80 Å². The van der Waals surface area contributed by atoms with Crippen LogP contribution in [0, 0.1) is 12.3 Å². The number of ether oxygens (including phenoxy) is 1. The van der Waals surface area contributed by atoms with Gasteiger partial charge < -0.3 is 14.5 Å². The number of amides is 2. The summed E-state index contributed by atoms with van der Waals surface area (Å²) in [5.74, 6) is 3.55. The Morgan fingerprint density at radius 1 is 1.00 bits per heavy atom. The zero-order chi connectivity index (χ0) is 21.6. The van der Waals surface area contributed by atoms with E-state index in [0.717, 1.165) is 55.3 Å². The van der Waals surface area contributed by atoms with Gasteiger partial charge in [-0.25, -0.2) is 0 Å².